The van der Waals surface area contributed by atoms with Gasteiger partial charge in [0.25, 0.3) is 11.8 Å². The maximum atomic E-state index is 12.0. The molecule has 0 saturated heterocycles. The number of hydrogen-bond donors (Lipinski definition) is 1. The van der Waals surface area contributed by atoms with Crippen LogP contribution in [0.2, 0.25) is 0 Å². The number of carbonyl (C=O) groups is 2. The van der Waals surface area contributed by atoms with Crippen LogP contribution in [0.1, 0.15) is 53.1 Å². The monoisotopic (exact) mass is 526 g/mol. The Morgan fingerprint density at radius 3 is 1.60 bits per heavy atom. The number of nitrogens with zero attached hydrogens (tertiary/aromatic N) is 4. The summed E-state index contributed by atoms with van der Waals surface area (Å²) in [7, 11) is 1.42. The van der Waals surface area contributed by atoms with E-state index in [-0.39, 0.29) is 40.6 Å². The van der Waals surface area contributed by atoms with Gasteiger partial charge in [0.15, 0.2) is 17.4 Å². The highest BCUT2D eigenvalue weighted by molar-refractivity contribution is 6.35. The third-order valence-corrected chi connectivity index (χ3v) is 5.81. The maximum Gasteiger partial charge on any atom is 0.296 e. The van der Waals surface area contributed by atoms with E-state index < -0.39 is 11.7 Å². The number of methoxy groups -OCH3 is 1. The number of aliphatic hydroxyl groups is 1. The van der Waals surface area contributed by atoms with E-state index in [1.165, 1.54) is 16.9 Å². The summed E-state index contributed by atoms with van der Waals surface area (Å²) in [5.41, 5.74) is -0.345. The van der Waals surface area contributed by atoms with Gasteiger partial charge < -0.3 is 18.9 Å². The average molecular weight is 527 g/mol. The second-order valence-corrected chi connectivity index (χ2v) is 11.0. The van der Waals surface area contributed by atoms with Crippen molar-refractivity contribution in [2.75, 3.05) is 30.0 Å². The molecule has 0 bridgehead atoms. The Hall–Kier alpha value is -2.98. The van der Waals surface area contributed by atoms with E-state index in [2.05, 4.69) is 10.3 Å². The summed E-state index contributed by atoms with van der Waals surface area (Å²) in [6.45, 7) is 12.4. The summed E-state index contributed by atoms with van der Waals surface area (Å²) < 4.78 is 15.4. The van der Waals surface area contributed by atoms with Crippen molar-refractivity contribution in [1.29, 1.82) is 0 Å². The number of hydrogen-bond acceptors (Lipinski definition) is 8. The molecule has 0 radical (unpaired) electrons. The molecule has 2 amide bonds. The van der Waals surface area contributed by atoms with Crippen LogP contribution in [0, 0.1) is 0 Å². The van der Waals surface area contributed by atoms with E-state index >= 15 is 0 Å². The van der Waals surface area contributed by atoms with E-state index in [4.69, 9.17) is 37.0 Å². The third-order valence-electron chi connectivity index (χ3n) is 5.22. The second kappa shape index (κ2) is 9.58. The molecule has 0 aliphatic carbocycles. The Bertz CT molecular complexity index is 1200. The SMILES string of the molecule is CC(C)(C)c1cc(N2CC(Cl)=C(O)C2=O)no1.COC1=C(Cl)CN(c2cc(C(C)(C)C)on2)C1=O. The standard InChI is InChI=1S/C12H15ClN2O3.C11H13ClN2O3/c1-12(2,3)8-5-9(14-18-8)15-6-7(13)10(17-4)11(15)16;1-11(2,3)7-4-8(13-17-7)14-5-6(12)9(15)10(14)16/h5H,6H2,1-4H3;4,15H,5H2,1-3H3. The smallest absolute Gasteiger partial charge is 0.296 e. The highest BCUT2D eigenvalue weighted by Gasteiger charge is 2.35. The molecule has 0 aromatic carbocycles. The first-order valence-electron chi connectivity index (χ1n) is 10.7. The first kappa shape index (κ1) is 26.6. The zero-order valence-corrected chi connectivity index (χ0v) is 22.1. The van der Waals surface area contributed by atoms with Crippen LogP contribution in [0.15, 0.2) is 42.8 Å². The number of aliphatic hydroxyl groups excluding tert-OH is 1. The van der Waals surface area contributed by atoms with Gasteiger partial charge >= 0.3 is 0 Å². The van der Waals surface area contributed by atoms with Gasteiger partial charge in [-0.3, -0.25) is 19.4 Å². The quantitative estimate of drug-likeness (QED) is 0.608. The number of aromatic nitrogens is 2. The Kier molecular flexibility index (Phi) is 7.29. The zero-order valence-electron chi connectivity index (χ0n) is 20.6. The van der Waals surface area contributed by atoms with Crippen molar-refractivity contribution in [3.05, 3.63) is 45.2 Å². The molecule has 0 fully saturated rings. The predicted octanol–water partition coefficient (Wildman–Crippen LogP) is 4.74. The fraction of sp³-hybridized carbons (Fsp3) is 0.478. The minimum atomic E-state index is -0.552. The lowest BCUT2D eigenvalue weighted by atomic mass is 9.93. The number of rotatable bonds is 3. The molecule has 0 unspecified atom stereocenters. The molecule has 2 aromatic heterocycles. The Morgan fingerprint density at radius 1 is 0.857 bits per heavy atom. The van der Waals surface area contributed by atoms with Gasteiger partial charge in [0.1, 0.15) is 11.5 Å². The second-order valence-electron chi connectivity index (χ2n) is 10.1. The molecule has 35 heavy (non-hydrogen) atoms. The van der Waals surface area contributed by atoms with Gasteiger partial charge in [0, 0.05) is 23.0 Å². The molecule has 4 rings (SSSR count). The molecule has 1 N–H and O–H groups in total. The van der Waals surface area contributed by atoms with Gasteiger partial charge in [0.05, 0.1) is 30.3 Å². The molecule has 0 saturated carbocycles. The fourth-order valence-corrected chi connectivity index (χ4v) is 3.59. The van der Waals surface area contributed by atoms with E-state index in [1.54, 1.807) is 12.1 Å². The molecule has 190 valence electrons. The van der Waals surface area contributed by atoms with Crippen molar-refractivity contribution < 1.29 is 28.5 Å². The molecular formula is C23H28Cl2N4O6. The summed E-state index contributed by atoms with van der Waals surface area (Å²) in [5, 5.41) is 17.6. The van der Waals surface area contributed by atoms with Crippen LogP contribution in [-0.4, -0.2) is 47.4 Å². The molecule has 2 aromatic rings. The summed E-state index contributed by atoms with van der Waals surface area (Å²) in [5.74, 6) is 1.09. The molecule has 2 aliphatic rings. The summed E-state index contributed by atoms with van der Waals surface area (Å²) in [6, 6.07) is 3.43. The van der Waals surface area contributed by atoms with Crippen LogP contribution in [0.25, 0.3) is 0 Å². The van der Waals surface area contributed by atoms with E-state index in [9.17, 15) is 14.7 Å². The number of anilines is 2. The highest BCUT2D eigenvalue weighted by atomic mass is 35.5. The first-order valence-corrected chi connectivity index (χ1v) is 11.5. The van der Waals surface area contributed by atoms with Crippen LogP contribution in [0.4, 0.5) is 11.6 Å². The van der Waals surface area contributed by atoms with Gasteiger partial charge in [-0.25, -0.2) is 0 Å². The number of carbonyl (C=O) groups excluding carboxylic acids is 2. The van der Waals surface area contributed by atoms with Crippen LogP contribution in [-0.2, 0) is 25.2 Å². The third kappa shape index (κ3) is 5.48. The van der Waals surface area contributed by atoms with E-state index in [0.29, 0.717) is 28.2 Å². The minimum Gasteiger partial charge on any atom is -0.502 e. The maximum absolute atomic E-state index is 12.0. The van der Waals surface area contributed by atoms with Gasteiger partial charge in [-0.15, -0.1) is 0 Å². The van der Waals surface area contributed by atoms with E-state index in [0.717, 1.165) is 0 Å². The van der Waals surface area contributed by atoms with Crippen molar-refractivity contribution in [2.24, 2.45) is 0 Å². The van der Waals surface area contributed by atoms with E-state index in [1.807, 2.05) is 41.5 Å². The van der Waals surface area contributed by atoms with Gasteiger partial charge in [0.2, 0.25) is 5.76 Å². The van der Waals surface area contributed by atoms with Gasteiger partial charge in [-0.05, 0) is 0 Å². The lowest BCUT2D eigenvalue weighted by Gasteiger charge is -2.13. The van der Waals surface area contributed by atoms with Crippen molar-refractivity contribution in [1.82, 2.24) is 10.3 Å². The van der Waals surface area contributed by atoms with Gasteiger partial charge in [-0.2, -0.15) is 0 Å². The van der Waals surface area contributed by atoms with Crippen LogP contribution in [0.3, 0.4) is 0 Å². The van der Waals surface area contributed by atoms with Gasteiger partial charge in [-0.1, -0.05) is 75.1 Å². The normalized spacial score (nSPS) is 16.9. The lowest BCUT2D eigenvalue weighted by Crippen LogP contribution is -2.27. The fourth-order valence-electron chi connectivity index (χ4n) is 3.11. The summed E-state index contributed by atoms with van der Waals surface area (Å²) in [6.07, 6.45) is 0. The van der Waals surface area contributed by atoms with Crippen LogP contribution >= 0.6 is 23.2 Å². The average Bonchev–Trinajstić information content (AvgIpc) is 3.52. The van der Waals surface area contributed by atoms with Crippen LogP contribution < -0.4 is 9.80 Å². The molecule has 0 atom stereocenters. The van der Waals surface area contributed by atoms with Crippen molar-refractivity contribution in [2.45, 2.75) is 52.4 Å². The Morgan fingerprint density at radius 2 is 1.29 bits per heavy atom. The summed E-state index contributed by atoms with van der Waals surface area (Å²) >= 11 is 11.7. The van der Waals surface area contributed by atoms with Crippen molar-refractivity contribution in [3.63, 3.8) is 0 Å². The zero-order chi connectivity index (χ0) is 26.3. The highest BCUT2D eigenvalue weighted by Crippen LogP contribution is 2.32. The molecular weight excluding hydrogens is 499 g/mol. The molecule has 2 aliphatic heterocycles. The van der Waals surface area contributed by atoms with Crippen molar-refractivity contribution in [3.8, 4) is 0 Å². The molecule has 4 heterocycles. The lowest BCUT2D eigenvalue weighted by molar-refractivity contribution is -0.117. The first-order chi connectivity index (χ1) is 16.1. The topological polar surface area (TPSA) is 122 Å². The van der Waals surface area contributed by atoms with Crippen LogP contribution in [0.5, 0.6) is 0 Å². The number of ether oxygens (including phenoxy) is 1. The minimum absolute atomic E-state index is 0.121. The van der Waals surface area contributed by atoms with Crippen molar-refractivity contribution >= 4 is 46.7 Å². The number of amides is 2. The molecule has 12 heteroatoms. The summed E-state index contributed by atoms with van der Waals surface area (Å²) in [4.78, 5) is 26.3. The Labute approximate surface area is 213 Å². The Balaban J connectivity index is 0.000000196. The largest absolute Gasteiger partial charge is 0.502 e. The predicted molar refractivity (Wildman–Crippen MR) is 131 cm³/mol. The number of halogens is 2. The molecule has 0 spiro atoms. The molecule has 10 nitrogen and oxygen atoms in total.